The van der Waals surface area contributed by atoms with Crippen LogP contribution in [0.3, 0.4) is 0 Å². The summed E-state index contributed by atoms with van der Waals surface area (Å²) in [6.07, 6.45) is 8.56. The summed E-state index contributed by atoms with van der Waals surface area (Å²) >= 11 is 0. The fourth-order valence-corrected chi connectivity index (χ4v) is 3.11. The van der Waals surface area contributed by atoms with Crippen LogP contribution in [0.5, 0.6) is 0 Å². The molecule has 0 aliphatic heterocycles. The summed E-state index contributed by atoms with van der Waals surface area (Å²) in [4.78, 5) is 31.3. The molecule has 2 atom stereocenters. The van der Waals surface area contributed by atoms with Gasteiger partial charge in [0.05, 0.1) is 13.2 Å². The predicted molar refractivity (Wildman–Crippen MR) is 124 cm³/mol. The number of hydrogen-bond acceptors (Lipinski definition) is 4. The summed E-state index contributed by atoms with van der Waals surface area (Å²) in [7, 11) is -8.53. The van der Waals surface area contributed by atoms with E-state index < -0.39 is 15.6 Å². The van der Waals surface area contributed by atoms with E-state index in [-0.39, 0.29) is 254 Å². The molecule has 0 rings (SSSR count). The van der Waals surface area contributed by atoms with E-state index in [0.29, 0.717) is 25.0 Å². The van der Waals surface area contributed by atoms with Crippen molar-refractivity contribution in [2.75, 3.05) is 13.2 Å². The van der Waals surface area contributed by atoms with Crippen LogP contribution in [0, 0.1) is 156 Å². The van der Waals surface area contributed by atoms with Gasteiger partial charge in [0.2, 0.25) is 0 Å². The summed E-state index contributed by atoms with van der Waals surface area (Å²) in [6.45, 7) is 9.10. The van der Waals surface area contributed by atoms with E-state index in [1.807, 2.05) is 0 Å². The van der Waals surface area contributed by atoms with Crippen molar-refractivity contribution in [1.29, 1.82) is 0 Å². The topological polar surface area (TPSA) is 134 Å². The Kier molecular flexibility index (Phi) is 64.2. The maximum Gasteiger partial charge on any atom is 0 e. The van der Waals surface area contributed by atoms with Crippen LogP contribution in [0.15, 0.2) is 0 Å². The molecule has 0 bridgehead atoms. The third-order valence-corrected chi connectivity index (χ3v) is 4.98. The van der Waals surface area contributed by atoms with Crippen LogP contribution < -0.4 is 0 Å². The molecule has 31 heavy (non-hydrogen) atoms. The van der Waals surface area contributed by atoms with Crippen molar-refractivity contribution in [1.82, 2.24) is 0 Å². The first-order valence-electron chi connectivity index (χ1n) is 9.39. The van der Waals surface area contributed by atoms with Crippen LogP contribution in [-0.4, -0.2) is 143 Å². The zero-order chi connectivity index (χ0) is 20.6. The number of phosphoric acid groups is 2. The SMILES string of the molecule is CCCCC(CC)COP(=O)(O)OCC(CC)CCCC.O=P(O)(O)O.[KH].[NaH].[NaH].[Rn].[Rn]. The van der Waals surface area contributed by atoms with Crippen LogP contribution in [0.1, 0.15) is 79.1 Å². The van der Waals surface area contributed by atoms with E-state index in [2.05, 4.69) is 27.7 Å². The van der Waals surface area contributed by atoms with E-state index in [4.69, 9.17) is 28.3 Å². The molecule has 0 aliphatic carbocycles. The Bertz CT molecular complexity index is 408. The third kappa shape index (κ3) is 48.2. The van der Waals surface area contributed by atoms with Crippen molar-refractivity contribution in [2.24, 2.45) is 11.8 Å². The summed E-state index contributed by atoms with van der Waals surface area (Å²) in [5.41, 5.74) is 0. The Morgan fingerprint density at radius 1 is 0.710 bits per heavy atom. The minimum atomic E-state index is -4.64. The zero-order valence-electron chi connectivity index (χ0n) is 17.2. The van der Waals surface area contributed by atoms with Crippen LogP contribution >= 0.6 is 15.6 Å². The molecule has 2 unspecified atom stereocenters. The van der Waals surface area contributed by atoms with Crippen molar-refractivity contribution in [2.45, 2.75) is 79.1 Å². The first kappa shape index (κ1) is 55.1. The van der Waals surface area contributed by atoms with Crippen molar-refractivity contribution in [3.8, 4) is 0 Å². The summed E-state index contributed by atoms with van der Waals surface area (Å²) in [6, 6.07) is 0. The molecule has 0 aromatic carbocycles. The van der Waals surface area contributed by atoms with Crippen LogP contribution in [0.2, 0.25) is 0 Å². The number of hydrogen-bond donors (Lipinski definition) is 4. The van der Waals surface area contributed by atoms with Crippen LogP contribution in [-0.2, 0) is 18.2 Å². The van der Waals surface area contributed by atoms with Gasteiger partial charge in [0, 0.05) is 144 Å². The molecule has 0 saturated carbocycles. The van der Waals surface area contributed by atoms with Gasteiger partial charge in [-0.3, -0.25) is 9.05 Å². The first-order valence-corrected chi connectivity index (χ1v) is 12.4. The van der Waals surface area contributed by atoms with Gasteiger partial charge in [-0.2, -0.15) is 0 Å². The Balaban J connectivity index is -0.000000103. The van der Waals surface area contributed by atoms with E-state index >= 15 is 0 Å². The number of rotatable bonds is 14. The summed E-state index contributed by atoms with van der Waals surface area (Å²) in [5, 5.41) is 0. The molecule has 182 valence electrons. The van der Waals surface area contributed by atoms with E-state index in [0.717, 1.165) is 51.4 Å². The van der Waals surface area contributed by atoms with Crippen LogP contribution in [0.4, 0.5) is 0 Å². The average Bonchev–Trinajstić information content (AvgIpc) is 2.53. The number of phosphoric ester groups is 1. The molecular weight excluding hydrogens is 911 g/mol. The molecule has 8 nitrogen and oxygen atoms in total. The Labute approximate surface area is 400 Å². The molecule has 0 fully saturated rings. The van der Waals surface area contributed by atoms with E-state index in [1.165, 1.54) is 0 Å². The minimum absolute atomic E-state index is 0. The maximum atomic E-state index is 11.9. The Hall–Kier alpha value is 8.09. The second kappa shape index (κ2) is 36.1. The molecule has 0 aromatic rings. The van der Waals surface area contributed by atoms with E-state index in [9.17, 15) is 9.46 Å². The van der Waals surface area contributed by atoms with Crippen molar-refractivity contribution < 1.29 is 181 Å². The van der Waals surface area contributed by atoms with Crippen molar-refractivity contribution in [3.63, 3.8) is 0 Å². The van der Waals surface area contributed by atoms with E-state index in [1.54, 1.807) is 0 Å². The smallest absolute Gasteiger partial charge is 0 e. The summed E-state index contributed by atoms with van der Waals surface area (Å²) in [5.74, 6) is 0.687. The van der Waals surface area contributed by atoms with Gasteiger partial charge in [0.25, 0.3) is 0 Å². The standard InChI is InChI=1S/C16H35O4P.K.2Na.H3O4P.2Rn.3H/c1-5-9-11-15(7-3)13-19-21(17,18)20-14-16(8-4)12-10-6-2;;;;1-5(2,3)4;;;;;/h15-16H,5-14H2,1-4H3,(H,17,18);;;;(H3,1,2,3,4);;;;;. The van der Waals surface area contributed by atoms with Gasteiger partial charge in [-0.15, -0.1) is 0 Å². The van der Waals surface area contributed by atoms with Gasteiger partial charge in [-0.25, -0.2) is 9.13 Å². The quantitative estimate of drug-likeness (QED) is 0.155. The molecule has 0 spiro atoms. The van der Waals surface area contributed by atoms with Gasteiger partial charge in [-0.1, -0.05) is 66.2 Å². The van der Waals surface area contributed by atoms with Crippen molar-refractivity contribution in [3.05, 3.63) is 0 Å². The zero-order valence-corrected chi connectivity index (χ0v) is 24.5. The normalized spacial score (nSPS) is 13.7. The summed E-state index contributed by atoms with van der Waals surface area (Å²) < 4.78 is 31.1. The average molecular weight is 953 g/mol. The van der Waals surface area contributed by atoms with Crippen molar-refractivity contribution >= 4 is 126 Å². The van der Waals surface area contributed by atoms with Gasteiger partial charge in [0.1, 0.15) is 0 Å². The fourth-order valence-electron chi connectivity index (χ4n) is 2.23. The van der Waals surface area contributed by atoms with Gasteiger partial charge < -0.3 is 19.6 Å². The van der Waals surface area contributed by atoms with Crippen LogP contribution in [0.25, 0.3) is 0 Å². The first-order chi connectivity index (χ1) is 12.0. The molecular formula is C16H41KNa2O8P2Rn2. The monoisotopic (exact) mass is 952 g/mol. The second-order valence-electron chi connectivity index (χ2n) is 6.41. The second-order valence-corrected chi connectivity index (χ2v) is 8.89. The van der Waals surface area contributed by atoms with Gasteiger partial charge in [-0.05, 0) is 24.7 Å². The molecule has 0 radical (unpaired) electrons. The fraction of sp³-hybridized carbons (Fsp3) is 1.00. The largest absolute Gasteiger partial charge is 0 e. The Morgan fingerprint density at radius 3 is 1.16 bits per heavy atom. The molecule has 0 heterocycles. The number of unbranched alkanes of at least 4 members (excludes halogenated alkanes) is 2. The molecule has 4 N–H and O–H groups in total. The molecule has 0 amide bonds. The maximum absolute atomic E-state index is 11.9. The van der Waals surface area contributed by atoms with Gasteiger partial charge >= 0.3 is 126 Å². The molecule has 0 aliphatic rings. The van der Waals surface area contributed by atoms with Gasteiger partial charge in [0.15, 0.2) is 0 Å². The third-order valence-electron chi connectivity index (χ3n) is 4.03. The Morgan fingerprint density at radius 2 is 0.968 bits per heavy atom. The predicted octanol–water partition coefficient (Wildman–Crippen LogP) is 2.68. The molecule has 0 aromatic heterocycles. The minimum Gasteiger partial charge on any atom is 0 e. The molecule has 0 saturated heterocycles. The molecule has 15 heteroatoms.